The number of methoxy groups -OCH3 is 2. The molecule has 0 spiro atoms. The summed E-state index contributed by atoms with van der Waals surface area (Å²) >= 11 is 0. The van der Waals surface area contributed by atoms with Gasteiger partial charge in [-0.3, -0.25) is 4.79 Å². The summed E-state index contributed by atoms with van der Waals surface area (Å²) in [5, 5.41) is 0. The molecule has 1 heterocycles. The number of hydrogen-bond acceptors (Lipinski definition) is 4. The number of carbonyl (C=O) groups excluding carboxylic acids is 1. The van der Waals surface area contributed by atoms with Crippen molar-refractivity contribution in [1.29, 1.82) is 0 Å². The number of anilines is 1. The highest BCUT2D eigenvalue weighted by Crippen LogP contribution is 2.35. The number of nitrogens with zero attached hydrogens (tertiary/aromatic N) is 1. The first-order valence-corrected chi connectivity index (χ1v) is 9.57. The number of hydrogen-bond donors (Lipinski definition) is 0. The molecule has 1 aliphatic heterocycles. The van der Waals surface area contributed by atoms with E-state index in [9.17, 15) is 9.18 Å². The Kier molecular flexibility index (Phi) is 5.68. The normalized spacial score (nSPS) is 13.6. The Morgan fingerprint density at radius 3 is 2.67 bits per heavy atom. The first-order valence-electron chi connectivity index (χ1n) is 9.57. The van der Waals surface area contributed by atoms with Crippen molar-refractivity contribution in [3.63, 3.8) is 0 Å². The maximum Gasteiger partial charge on any atom is 0.253 e. The number of amides is 1. The van der Waals surface area contributed by atoms with Gasteiger partial charge in [-0.05, 0) is 47.5 Å². The molecule has 6 heteroatoms. The van der Waals surface area contributed by atoms with Crippen molar-refractivity contribution in [2.24, 2.45) is 0 Å². The molecule has 3 aromatic rings. The van der Waals surface area contributed by atoms with Crippen LogP contribution in [0.1, 0.15) is 11.1 Å². The SMILES string of the molecule is COc1cccc(CN2C(=O)COCc3cc(-c4ccc(F)cc4OC)ccc32)c1. The smallest absolute Gasteiger partial charge is 0.253 e. The summed E-state index contributed by atoms with van der Waals surface area (Å²) in [6.07, 6.45) is 0. The van der Waals surface area contributed by atoms with Crippen LogP contribution in [0.4, 0.5) is 10.1 Å². The maximum absolute atomic E-state index is 13.6. The molecule has 5 nitrogen and oxygen atoms in total. The molecular formula is C24H22FNO4. The van der Waals surface area contributed by atoms with Crippen LogP contribution in [0.25, 0.3) is 11.1 Å². The van der Waals surface area contributed by atoms with Gasteiger partial charge in [-0.1, -0.05) is 18.2 Å². The van der Waals surface area contributed by atoms with Gasteiger partial charge in [-0.15, -0.1) is 0 Å². The zero-order valence-electron chi connectivity index (χ0n) is 16.9. The lowest BCUT2D eigenvalue weighted by Crippen LogP contribution is -2.32. The second-order valence-corrected chi connectivity index (χ2v) is 7.01. The van der Waals surface area contributed by atoms with Gasteiger partial charge < -0.3 is 19.1 Å². The molecule has 0 unspecified atom stereocenters. The lowest BCUT2D eigenvalue weighted by molar-refractivity contribution is -0.123. The Morgan fingerprint density at radius 1 is 1.00 bits per heavy atom. The Morgan fingerprint density at radius 2 is 1.87 bits per heavy atom. The van der Waals surface area contributed by atoms with Crippen LogP contribution in [0.15, 0.2) is 60.7 Å². The second-order valence-electron chi connectivity index (χ2n) is 7.01. The van der Waals surface area contributed by atoms with Gasteiger partial charge in [-0.2, -0.15) is 0 Å². The minimum absolute atomic E-state index is 0.00779. The van der Waals surface area contributed by atoms with Crippen molar-refractivity contribution < 1.29 is 23.4 Å². The first kappa shape index (κ1) is 19.9. The Hall–Kier alpha value is -3.38. The molecule has 4 rings (SSSR count). The van der Waals surface area contributed by atoms with Gasteiger partial charge in [0.2, 0.25) is 0 Å². The number of carbonyl (C=O) groups is 1. The van der Waals surface area contributed by atoms with E-state index in [1.165, 1.54) is 19.2 Å². The molecule has 1 aliphatic rings. The van der Waals surface area contributed by atoms with Gasteiger partial charge in [0.25, 0.3) is 5.91 Å². The summed E-state index contributed by atoms with van der Waals surface area (Å²) in [5.41, 5.74) is 4.28. The minimum Gasteiger partial charge on any atom is -0.497 e. The largest absolute Gasteiger partial charge is 0.497 e. The molecule has 0 bridgehead atoms. The summed E-state index contributed by atoms with van der Waals surface area (Å²) in [6.45, 7) is 0.729. The molecule has 0 aliphatic carbocycles. The molecule has 0 fully saturated rings. The van der Waals surface area contributed by atoms with E-state index < -0.39 is 0 Å². The molecular weight excluding hydrogens is 385 g/mol. The van der Waals surface area contributed by atoms with Gasteiger partial charge in [-0.25, -0.2) is 4.39 Å². The number of ether oxygens (including phenoxy) is 3. The molecule has 0 N–H and O–H groups in total. The molecule has 30 heavy (non-hydrogen) atoms. The van der Waals surface area contributed by atoms with Crippen LogP contribution >= 0.6 is 0 Å². The van der Waals surface area contributed by atoms with E-state index in [2.05, 4.69) is 0 Å². The molecule has 1 amide bonds. The number of benzene rings is 3. The zero-order chi connectivity index (χ0) is 21.1. The predicted molar refractivity (Wildman–Crippen MR) is 112 cm³/mol. The predicted octanol–water partition coefficient (Wildman–Crippen LogP) is 4.57. The molecule has 0 saturated heterocycles. The second kappa shape index (κ2) is 8.55. The summed E-state index contributed by atoms with van der Waals surface area (Å²) in [6, 6.07) is 17.9. The summed E-state index contributed by atoms with van der Waals surface area (Å²) < 4.78 is 29.8. The Balaban J connectivity index is 1.72. The molecule has 0 aromatic heterocycles. The third-order valence-electron chi connectivity index (χ3n) is 5.10. The van der Waals surface area contributed by atoms with Crippen molar-refractivity contribution in [1.82, 2.24) is 0 Å². The van der Waals surface area contributed by atoms with E-state index in [1.54, 1.807) is 18.1 Å². The van der Waals surface area contributed by atoms with Crippen molar-refractivity contribution in [3.05, 3.63) is 77.6 Å². The van der Waals surface area contributed by atoms with E-state index in [0.29, 0.717) is 18.9 Å². The topological polar surface area (TPSA) is 48.0 Å². The average Bonchev–Trinajstić information content (AvgIpc) is 2.92. The summed E-state index contributed by atoms with van der Waals surface area (Å²) in [4.78, 5) is 14.5. The van der Waals surface area contributed by atoms with Crippen LogP contribution in [0.2, 0.25) is 0 Å². The number of rotatable bonds is 5. The molecule has 0 radical (unpaired) electrons. The van der Waals surface area contributed by atoms with E-state index in [-0.39, 0.29) is 18.3 Å². The van der Waals surface area contributed by atoms with Crippen molar-refractivity contribution in [2.75, 3.05) is 25.7 Å². The van der Waals surface area contributed by atoms with E-state index in [4.69, 9.17) is 14.2 Å². The van der Waals surface area contributed by atoms with Gasteiger partial charge >= 0.3 is 0 Å². The highest BCUT2D eigenvalue weighted by atomic mass is 19.1. The van der Waals surface area contributed by atoms with Gasteiger partial charge in [0.1, 0.15) is 23.9 Å². The van der Waals surface area contributed by atoms with Crippen LogP contribution in [0.3, 0.4) is 0 Å². The van der Waals surface area contributed by atoms with Crippen LogP contribution in [-0.2, 0) is 22.7 Å². The van der Waals surface area contributed by atoms with Gasteiger partial charge in [0, 0.05) is 22.9 Å². The fraction of sp³-hybridized carbons (Fsp3) is 0.208. The molecule has 3 aromatic carbocycles. The summed E-state index contributed by atoms with van der Waals surface area (Å²) in [7, 11) is 3.13. The average molecular weight is 407 g/mol. The van der Waals surface area contributed by atoms with E-state index in [0.717, 1.165) is 33.7 Å². The molecule has 154 valence electrons. The maximum atomic E-state index is 13.6. The third kappa shape index (κ3) is 4.00. The lowest BCUT2D eigenvalue weighted by atomic mass is 10.0. The molecule has 0 saturated carbocycles. The number of fused-ring (bicyclic) bond motifs is 1. The zero-order valence-corrected chi connectivity index (χ0v) is 16.9. The molecule has 0 atom stereocenters. The van der Waals surface area contributed by atoms with E-state index >= 15 is 0 Å². The first-order chi connectivity index (χ1) is 14.6. The minimum atomic E-state index is -0.358. The van der Waals surface area contributed by atoms with Gasteiger partial charge in [0.15, 0.2) is 0 Å². The third-order valence-corrected chi connectivity index (χ3v) is 5.10. The standard InChI is InChI=1S/C24H22FNO4/c1-28-20-5-3-4-16(10-20)13-26-22-9-6-17(11-18(22)14-30-15-24(26)27)21-8-7-19(25)12-23(21)29-2/h3-12H,13-15H2,1-2H3. The van der Waals surface area contributed by atoms with Gasteiger partial charge in [0.05, 0.1) is 27.4 Å². The number of halogens is 1. The van der Waals surface area contributed by atoms with Crippen molar-refractivity contribution in [2.45, 2.75) is 13.2 Å². The Bertz CT molecular complexity index is 1080. The Labute approximate surface area is 174 Å². The fourth-order valence-corrected chi connectivity index (χ4v) is 3.62. The lowest BCUT2D eigenvalue weighted by Gasteiger charge is -2.23. The van der Waals surface area contributed by atoms with Crippen LogP contribution < -0.4 is 14.4 Å². The summed E-state index contributed by atoms with van der Waals surface area (Å²) in [5.74, 6) is 0.728. The highest BCUT2D eigenvalue weighted by molar-refractivity contribution is 5.96. The van der Waals surface area contributed by atoms with Crippen LogP contribution in [0, 0.1) is 5.82 Å². The van der Waals surface area contributed by atoms with Crippen LogP contribution in [0.5, 0.6) is 11.5 Å². The monoisotopic (exact) mass is 407 g/mol. The fourth-order valence-electron chi connectivity index (χ4n) is 3.62. The van der Waals surface area contributed by atoms with Crippen molar-refractivity contribution >= 4 is 11.6 Å². The highest BCUT2D eigenvalue weighted by Gasteiger charge is 2.24. The quantitative estimate of drug-likeness (QED) is 0.622. The van der Waals surface area contributed by atoms with Crippen molar-refractivity contribution in [3.8, 4) is 22.6 Å². The van der Waals surface area contributed by atoms with Crippen LogP contribution in [-0.4, -0.2) is 26.7 Å². The van der Waals surface area contributed by atoms with E-state index in [1.807, 2.05) is 42.5 Å².